The van der Waals surface area contributed by atoms with Crippen molar-refractivity contribution in [3.8, 4) is 28.5 Å². The first-order chi connectivity index (χ1) is 15.1. The molecule has 1 fully saturated rings. The maximum Gasteiger partial charge on any atom is 0.203 e. The fourth-order valence-corrected chi connectivity index (χ4v) is 4.77. The van der Waals surface area contributed by atoms with Crippen molar-refractivity contribution in [2.75, 3.05) is 27.9 Å². The third-order valence-corrected chi connectivity index (χ3v) is 6.36. The molecule has 0 aliphatic carbocycles. The Kier molecular flexibility index (Phi) is 6.63. The molecule has 0 spiro atoms. The summed E-state index contributed by atoms with van der Waals surface area (Å²) in [5.74, 6) is 1.84. The maximum absolute atomic E-state index is 5.95. The van der Waals surface area contributed by atoms with E-state index in [1.165, 1.54) is 0 Å². The third kappa shape index (κ3) is 4.48. The van der Waals surface area contributed by atoms with E-state index in [2.05, 4.69) is 22.9 Å². The number of aromatic nitrogens is 1. The summed E-state index contributed by atoms with van der Waals surface area (Å²) in [6.45, 7) is 3.65. The molecule has 0 radical (unpaired) electrons. The van der Waals surface area contributed by atoms with Gasteiger partial charge in [-0.05, 0) is 43.5 Å². The molecule has 0 amide bonds. The quantitative estimate of drug-likeness (QED) is 0.521. The van der Waals surface area contributed by atoms with Crippen molar-refractivity contribution >= 4 is 17.0 Å². The zero-order valence-electron chi connectivity index (χ0n) is 18.4. The van der Waals surface area contributed by atoms with E-state index in [0.29, 0.717) is 17.2 Å². The second kappa shape index (κ2) is 9.58. The number of hydrogen-bond donors (Lipinski definition) is 0. The van der Waals surface area contributed by atoms with E-state index in [9.17, 15) is 0 Å². The number of hydrogen-bond acceptors (Lipinski definition) is 6. The van der Waals surface area contributed by atoms with Crippen molar-refractivity contribution in [1.82, 2.24) is 4.57 Å². The van der Waals surface area contributed by atoms with Gasteiger partial charge in [-0.3, -0.25) is 0 Å². The van der Waals surface area contributed by atoms with Crippen molar-refractivity contribution in [2.24, 2.45) is 4.99 Å². The fourth-order valence-electron chi connectivity index (χ4n) is 3.84. The van der Waals surface area contributed by atoms with Gasteiger partial charge in [0.05, 0.1) is 45.4 Å². The maximum atomic E-state index is 5.95. The number of para-hydroxylation sites is 1. The SMILES string of the molecule is COc1cc(-c2csc(=Nc3ccccc3C)n2C[C@@H]2CCCO2)cc(OC)c1OC. The van der Waals surface area contributed by atoms with Gasteiger partial charge in [-0.25, -0.2) is 4.99 Å². The largest absolute Gasteiger partial charge is 0.493 e. The lowest BCUT2D eigenvalue weighted by Gasteiger charge is -2.17. The van der Waals surface area contributed by atoms with Crippen LogP contribution in [0, 0.1) is 6.92 Å². The smallest absolute Gasteiger partial charge is 0.203 e. The van der Waals surface area contributed by atoms with Gasteiger partial charge >= 0.3 is 0 Å². The van der Waals surface area contributed by atoms with Gasteiger partial charge in [-0.2, -0.15) is 0 Å². The standard InChI is InChI=1S/C24H28N2O4S/c1-16-8-5-6-10-19(16)25-24-26(14-18-9-7-11-30-18)20(15-31-24)17-12-21(27-2)23(29-4)22(13-17)28-3/h5-6,8,10,12-13,15,18H,7,9,11,14H2,1-4H3/t18-/m0/s1. The number of nitrogens with zero attached hydrogens (tertiary/aromatic N) is 2. The topological polar surface area (TPSA) is 54.2 Å². The molecule has 1 aliphatic heterocycles. The minimum atomic E-state index is 0.186. The zero-order valence-corrected chi connectivity index (χ0v) is 19.2. The van der Waals surface area contributed by atoms with E-state index in [4.69, 9.17) is 23.9 Å². The number of aryl methyl sites for hydroxylation is 1. The van der Waals surface area contributed by atoms with Crippen molar-refractivity contribution in [2.45, 2.75) is 32.4 Å². The summed E-state index contributed by atoms with van der Waals surface area (Å²) >= 11 is 1.62. The highest BCUT2D eigenvalue weighted by molar-refractivity contribution is 7.07. The number of ether oxygens (including phenoxy) is 4. The second-order valence-electron chi connectivity index (χ2n) is 7.46. The monoisotopic (exact) mass is 440 g/mol. The minimum Gasteiger partial charge on any atom is -0.493 e. The lowest BCUT2D eigenvalue weighted by molar-refractivity contribution is 0.0968. The van der Waals surface area contributed by atoms with E-state index in [0.717, 1.165) is 53.3 Å². The molecule has 164 valence electrons. The number of benzene rings is 2. The average Bonchev–Trinajstić information content (AvgIpc) is 3.45. The molecule has 0 bridgehead atoms. The molecule has 0 saturated carbocycles. The van der Waals surface area contributed by atoms with Crippen molar-refractivity contribution in [3.63, 3.8) is 0 Å². The van der Waals surface area contributed by atoms with Crippen LogP contribution in [0.3, 0.4) is 0 Å². The van der Waals surface area contributed by atoms with Crippen molar-refractivity contribution < 1.29 is 18.9 Å². The summed E-state index contributed by atoms with van der Waals surface area (Å²) in [5, 5.41) is 2.13. The molecule has 31 heavy (non-hydrogen) atoms. The summed E-state index contributed by atoms with van der Waals surface area (Å²) in [5.41, 5.74) is 4.15. The van der Waals surface area contributed by atoms with Gasteiger partial charge in [0, 0.05) is 17.6 Å². The molecule has 0 N–H and O–H groups in total. The first-order valence-electron chi connectivity index (χ1n) is 10.3. The molecule has 2 heterocycles. The van der Waals surface area contributed by atoms with E-state index >= 15 is 0 Å². The Labute approximate surface area is 186 Å². The van der Waals surface area contributed by atoms with Gasteiger partial charge < -0.3 is 23.5 Å². The van der Waals surface area contributed by atoms with Crippen LogP contribution in [0.2, 0.25) is 0 Å². The Morgan fingerprint density at radius 2 is 1.84 bits per heavy atom. The van der Waals surface area contributed by atoms with Crippen LogP contribution in [0.15, 0.2) is 46.8 Å². The molecule has 0 unspecified atom stereocenters. The summed E-state index contributed by atoms with van der Waals surface area (Å²) in [6, 6.07) is 12.1. The molecule has 1 saturated heterocycles. The first-order valence-corrected chi connectivity index (χ1v) is 11.2. The average molecular weight is 441 g/mol. The fraction of sp³-hybridized carbons (Fsp3) is 0.375. The van der Waals surface area contributed by atoms with Crippen LogP contribution in [-0.4, -0.2) is 38.6 Å². The number of thiazole rings is 1. The highest BCUT2D eigenvalue weighted by Crippen LogP contribution is 2.41. The molecule has 2 aromatic carbocycles. The molecule has 3 aromatic rings. The Balaban J connectivity index is 1.87. The lowest BCUT2D eigenvalue weighted by Crippen LogP contribution is -2.24. The predicted molar refractivity (Wildman–Crippen MR) is 123 cm³/mol. The van der Waals surface area contributed by atoms with Gasteiger partial charge in [-0.1, -0.05) is 18.2 Å². The third-order valence-electron chi connectivity index (χ3n) is 5.50. The lowest BCUT2D eigenvalue weighted by atomic mass is 10.1. The van der Waals surface area contributed by atoms with Crippen molar-refractivity contribution in [3.05, 3.63) is 52.1 Å². The Hall–Kier alpha value is -2.77. The normalized spacial score (nSPS) is 16.5. The van der Waals surface area contributed by atoms with Crippen LogP contribution in [0.1, 0.15) is 18.4 Å². The predicted octanol–water partition coefficient (Wildman–Crippen LogP) is 4.96. The Bertz CT molecular complexity index is 1090. The number of rotatable bonds is 7. The highest BCUT2D eigenvalue weighted by Gasteiger charge is 2.21. The molecule has 4 rings (SSSR count). The number of methoxy groups -OCH3 is 3. The minimum absolute atomic E-state index is 0.186. The van der Waals surface area contributed by atoms with Gasteiger partial charge in [0.25, 0.3) is 0 Å². The summed E-state index contributed by atoms with van der Waals surface area (Å²) < 4.78 is 24.8. The molecule has 7 heteroatoms. The van der Waals surface area contributed by atoms with Gasteiger partial charge in [0.1, 0.15) is 0 Å². The van der Waals surface area contributed by atoms with E-state index in [1.807, 2.05) is 30.3 Å². The Morgan fingerprint density at radius 3 is 2.45 bits per heavy atom. The van der Waals surface area contributed by atoms with Crippen LogP contribution < -0.4 is 19.0 Å². The van der Waals surface area contributed by atoms with Gasteiger partial charge in [0.2, 0.25) is 5.75 Å². The highest BCUT2D eigenvalue weighted by atomic mass is 32.1. The van der Waals surface area contributed by atoms with E-state index in [1.54, 1.807) is 32.7 Å². The van der Waals surface area contributed by atoms with Crippen LogP contribution >= 0.6 is 11.3 Å². The second-order valence-corrected chi connectivity index (χ2v) is 8.30. The molecule has 6 nitrogen and oxygen atoms in total. The van der Waals surface area contributed by atoms with Gasteiger partial charge in [-0.15, -0.1) is 11.3 Å². The van der Waals surface area contributed by atoms with Crippen LogP contribution in [-0.2, 0) is 11.3 Å². The van der Waals surface area contributed by atoms with Crippen LogP contribution in [0.5, 0.6) is 17.2 Å². The van der Waals surface area contributed by atoms with Crippen LogP contribution in [0.4, 0.5) is 5.69 Å². The first kappa shape index (κ1) is 21.5. The summed E-state index contributed by atoms with van der Waals surface area (Å²) in [4.78, 5) is 5.92. The van der Waals surface area contributed by atoms with E-state index < -0.39 is 0 Å². The molecule has 1 aliphatic rings. The molecule has 1 atom stereocenters. The summed E-state index contributed by atoms with van der Waals surface area (Å²) in [6.07, 6.45) is 2.34. The molecular weight excluding hydrogens is 412 g/mol. The van der Waals surface area contributed by atoms with E-state index in [-0.39, 0.29) is 6.10 Å². The molecule has 1 aromatic heterocycles. The summed E-state index contributed by atoms with van der Waals surface area (Å²) in [7, 11) is 4.88. The van der Waals surface area contributed by atoms with Gasteiger partial charge in [0.15, 0.2) is 16.3 Å². The Morgan fingerprint density at radius 1 is 1.10 bits per heavy atom. The van der Waals surface area contributed by atoms with Crippen LogP contribution in [0.25, 0.3) is 11.3 Å². The van der Waals surface area contributed by atoms with Crippen molar-refractivity contribution in [1.29, 1.82) is 0 Å². The molecular formula is C24H28N2O4S. The zero-order chi connectivity index (χ0) is 21.8.